The van der Waals surface area contributed by atoms with Gasteiger partial charge >= 0.3 is 0 Å². The van der Waals surface area contributed by atoms with E-state index in [1.165, 1.54) is 6.33 Å². The average Bonchev–Trinajstić information content (AvgIpc) is 3.42. The number of aromatic nitrogens is 4. The van der Waals surface area contributed by atoms with Gasteiger partial charge in [-0.15, -0.1) is 12.8 Å². The van der Waals surface area contributed by atoms with Gasteiger partial charge in [-0.2, -0.15) is 9.97 Å². The molecule has 14 heteroatoms. The van der Waals surface area contributed by atoms with Gasteiger partial charge in [0.2, 0.25) is 5.95 Å². The molecule has 38 heavy (non-hydrogen) atoms. The number of ether oxygens (including phenoxy) is 2. The fraction of sp³-hybridized carbons (Fsp3) is 0.625. The Balaban J connectivity index is 0. The van der Waals surface area contributed by atoms with Crippen molar-refractivity contribution in [1.82, 2.24) is 19.5 Å². The fourth-order valence-corrected chi connectivity index (χ4v) is 4.54. The van der Waals surface area contributed by atoms with Gasteiger partial charge in [-0.3, -0.25) is 4.57 Å². The van der Waals surface area contributed by atoms with E-state index in [4.69, 9.17) is 33.8 Å². The van der Waals surface area contributed by atoms with Crippen LogP contribution in [0, 0.1) is 169 Å². The van der Waals surface area contributed by atoms with Crippen molar-refractivity contribution in [3.8, 4) is 24.7 Å². The van der Waals surface area contributed by atoms with Crippen molar-refractivity contribution in [2.45, 2.75) is 83.9 Å². The summed E-state index contributed by atoms with van der Waals surface area (Å²) in [5, 5.41) is 29.1. The van der Waals surface area contributed by atoms with Gasteiger partial charge in [-0.05, 0) is 12.8 Å². The molecular formula is C24H36Ac3N6O5. The Bertz CT molecular complexity index is 1140. The van der Waals surface area contributed by atoms with Gasteiger partial charge < -0.3 is 36.3 Å². The van der Waals surface area contributed by atoms with Crippen molar-refractivity contribution in [3.63, 3.8) is 0 Å². The van der Waals surface area contributed by atoms with Crippen molar-refractivity contribution in [2.75, 3.05) is 11.5 Å². The van der Waals surface area contributed by atoms with Crippen LogP contribution >= 0.6 is 0 Å². The topological polar surface area (TPSA) is 175 Å². The first-order chi connectivity index (χ1) is 16.0. The molecule has 2 fully saturated rings. The minimum absolute atomic E-state index is 0. The zero-order valence-electron chi connectivity index (χ0n) is 21.4. The largest absolute Gasteiger partial charge is 0.388 e. The zero-order chi connectivity index (χ0) is 25.4. The molecule has 0 saturated carbocycles. The van der Waals surface area contributed by atoms with Crippen molar-refractivity contribution < 1.29 is 157 Å². The number of anilines is 2. The van der Waals surface area contributed by atoms with Crippen LogP contribution < -0.4 is 11.5 Å². The molecule has 2 aliphatic rings. The molecule has 0 bridgehead atoms. The number of nitrogens with zero attached hydrogens (tertiary/aromatic N) is 4. The summed E-state index contributed by atoms with van der Waals surface area (Å²) in [5.41, 5.74) is 10.6. The minimum Gasteiger partial charge on any atom is -0.388 e. The quantitative estimate of drug-likeness (QED) is 0.280. The molecule has 2 aromatic rings. The third-order valence-corrected chi connectivity index (χ3v) is 7.02. The SMILES string of the molecule is C.C#C[C@]1(CC)OC(O)C(O)C1C.C#C[C@]1(CC)O[C@@H](n2cnc3c(N)nc(N)nc32)C(O)C1C.[Ac].[Ac].[Ac]. The predicted molar refractivity (Wildman–Crippen MR) is 132 cm³/mol. The summed E-state index contributed by atoms with van der Waals surface area (Å²) in [6, 6.07) is 0. The molecule has 2 saturated heterocycles. The molecule has 11 nitrogen and oxygen atoms in total. The second kappa shape index (κ2) is 16.9. The Kier molecular flexibility index (Phi) is 18.4. The molecule has 0 spiro atoms. The summed E-state index contributed by atoms with van der Waals surface area (Å²) in [7, 11) is 0. The van der Waals surface area contributed by atoms with Crippen LogP contribution in [0.5, 0.6) is 0 Å². The number of rotatable bonds is 3. The minimum atomic E-state index is -1.14. The fourth-order valence-electron chi connectivity index (χ4n) is 4.54. The van der Waals surface area contributed by atoms with E-state index in [2.05, 4.69) is 26.8 Å². The first kappa shape index (κ1) is 41.5. The summed E-state index contributed by atoms with van der Waals surface area (Å²) >= 11 is 0. The summed E-state index contributed by atoms with van der Waals surface area (Å²) in [5.74, 6) is 4.93. The molecule has 4 heterocycles. The first-order valence-electron chi connectivity index (χ1n) is 11.1. The van der Waals surface area contributed by atoms with E-state index in [1.54, 1.807) is 11.5 Å². The molecular weight excluding hydrogens is 1130 g/mol. The van der Waals surface area contributed by atoms with Crippen LogP contribution in [0.25, 0.3) is 11.2 Å². The van der Waals surface area contributed by atoms with E-state index in [0.717, 1.165) is 0 Å². The zero-order valence-corrected chi connectivity index (χ0v) is 35.7. The summed E-state index contributed by atoms with van der Waals surface area (Å²) < 4.78 is 12.7. The second-order valence-corrected chi connectivity index (χ2v) is 8.64. The van der Waals surface area contributed by atoms with E-state index >= 15 is 0 Å². The summed E-state index contributed by atoms with van der Waals surface area (Å²) in [4.78, 5) is 12.2. The van der Waals surface area contributed by atoms with Crippen LogP contribution in [0.3, 0.4) is 0 Å². The Morgan fingerprint density at radius 3 is 1.84 bits per heavy atom. The van der Waals surface area contributed by atoms with E-state index in [-0.39, 0.29) is 163 Å². The maximum atomic E-state index is 10.6. The van der Waals surface area contributed by atoms with Gasteiger partial charge in [0.15, 0.2) is 24.0 Å². The Labute approximate surface area is 332 Å². The molecule has 0 amide bonds. The van der Waals surface area contributed by atoms with Gasteiger partial charge in [0.25, 0.3) is 0 Å². The number of hydrogen-bond donors (Lipinski definition) is 5. The molecule has 4 rings (SSSR count). The number of nitrogens with two attached hydrogens (primary N) is 2. The van der Waals surface area contributed by atoms with Crippen molar-refractivity contribution in [3.05, 3.63) is 6.33 Å². The third kappa shape index (κ3) is 7.66. The van der Waals surface area contributed by atoms with Gasteiger partial charge in [0, 0.05) is 144 Å². The second-order valence-electron chi connectivity index (χ2n) is 8.64. The smallest absolute Gasteiger partial charge is 0.224 e. The molecule has 8 atom stereocenters. The summed E-state index contributed by atoms with van der Waals surface area (Å²) in [6.07, 6.45) is 10.1. The third-order valence-electron chi connectivity index (χ3n) is 7.02. The van der Waals surface area contributed by atoms with Crippen LogP contribution in [-0.4, -0.2) is 64.5 Å². The van der Waals surface area contributed by atoms with Crippen LogP contribution in [0.2, 0.25) is 0 Å². The van der Waals surface area contributed by atoms with Crippen LogP contribution in [0.1, 0.15) is 54.2 Å². The van der Waals surface area contributed by atoms with Crippen LogP contribution in [0.4, 0.5) is 11.8 Å². The van der Waals surface area contributed by atoms with Gasteiger partial charge in [0.1, 0.15) is 28.9 Å². The molecule has 201 valence electrons. The monoisotopic (exact) mass is 1170 g/mol. The Morgan fingerprint density at radius 1 is 0.947 bits per heavy atom. The standard InChI is InChI=1S/C14H18N6O2.C9H14O3.CH4.3Ac/c1-4-14(5-2)7(3)9(21)12(22-14)20-6-17-8-10(15)18-13(16)19-11(8)20;1-4-9(5-2)6(3)7(10)8(11)12-9;;;;/h1,6-7,9,12,21H,5H2,2-3H3,(H4,15,16,18,19);1,6-8,10-11H,5H2,2-3H3;1H4;;;/t7?,9?,12-,14-;6?,7?,8?,9-;;;;/m11..../s1. The molecule has 2 aliphatic heterocycles. The number of hydrogen-bond acceptors (Lipinski definition) is 10. The summed E-state index contributed by atoms with van der Waals surface area (Å²) in [6.45, 7) is 7.45. The van der Waals surface area contributed by atoms with E-state index in [9.17, 15) is 15.3 Å². The number of fused-ring (bicyclic) bond motifs is 1. The van der Waals surface area contributed by atoms with Crippen LogP contribution in [0.15, 0.2) is 6.33 Å². The Hall–Kier alpha value is 1.39. The van der Waals surface area contributed by atoms with Crippen molar-refractivity contribution in [2.24, 2.45) is 11.8 Å². The molecule has 3 radical (unpaired) electrons. The van der Waals surface area contributed by atoms with Gasteiger partial charge in [-0.1, -0.05) is 47.0 Å². The molecule has 7 N–H and O–H groups in total. The molecule has 0 aliphatic carbocycles. The maximum Gasteiger partial charge on any atom is 0.224 e. The molecule has 0 aromatic carbocycles. The maximum absolute atomic E-state index is 10.6. The van der Waals surface area contributed by atoms with Crippen LogP contribution in [-0.2, 0) is 9.47 Å². The molecule has 2 aromatic heterocycles. The van der Waals surface area contributed by atoms with Crippen molar-refractivity contribution >= 4 is 22.9 Å². The van der Waals surface area contributed by atoms with Gasteiger partial charge in [0.05, 0.1) is 6.33 Å². The number of nitrogen functional groups attached to an aromatic ring is 2. The van der Waals surface area contributed by atoms with Crippen molar-refractivity contribution in [1.29, 1.82) is 0 Å². The van der Waals surface area contributed by atoms with E-state index in [1.807, 2.05) is 20.8 Å². The predicted octanol–water partition coefficient (Wildman–Crippen LogP) is 1.05. The van der Waals surface area contributed by atoms with E-state index < -0.39 is 35.9 Å². The molecule has 5 unspecified atom stereocenters. The number of imidazole rings is 1. The Morgan fingerprint density at radius 2 is 1.45 bits per heavy atom. The normalized spacial score (nSPS) is 33.2. The average molecular weight is 1170 g/mol. The van der Waals surface area contributed by atoms with Gasteiger partial charge in [-0.25, -0.2) is 4.98 Å². The number of aliphatic hydroxyl groups excluding tert-OH is 3. The number of terminal acetylenes is 2. The van der Waals surface area contributed by atoms with E-state index in [0.29, 0.717) is 24.0 Å². The number of aliphatic hydroxyl groups is 3. The first-order valence-corrected chi connectivity index (χ1v) is 11.1.